The van der Waals surface area contributed by atoms with E-state index in [1.807, 2.05) is 0 Å². The lowest BCUT2D eigenvalue weighted by Gasteiger charge is -2.25. The van der Waals surface area contributed by atoms with Crippen molar-refractivity contribution in [2.75, 3.05) is 5.32 Å². The van der Waals surface area contributed by atoms with Crippen LogP contribution in [-0.2, 0) is 19.7 Å². The lowest BCUT2D eigenvalue weighted by Crippen LogP contribution is -2.26. The van der Waals surface area contributed by atoms with E-state index >= 15 is 0 Å². The quantitative estimate of drug-likeness (QED) is 0.400. The van der Waals surface area contributed by atoms with Gasteiger partial charge in [-0.3, -0.25) is 9.48 Å². The van der Waals surface area contributed by atoms with E-state index in [4.69, 9.17) is 11.6 Å². The molecule has 1 amide bonds. The number of nitrogens with one attached hydrogen (secondary N) is 1. The van der Waals surface area contributed by atoms with Gasteiger partial charge < -0.3 is 20.1 Å². The Bertz CT molecular complexity index is 1370. The number of imidazole rings is 1. The summed E-state index contributed by atoms with van der Waals surface area (Å²) in [6, 6.07) is 5.02. The predicted molar refractivity (Wildman–Crippen MR) is 129 cm³/mol. The second-order valence-corrected chi connectivity index (χ2v) is 10.7. The van der Waals surface area contributed by atoms with Crippen molar-refractivity contribution in [3.8, 4) is 0 Å². The molecule has 204 valence electrons. The van der Waals surface area contributed by atoms with E-state index in [0.717, 1.165) is 12.1 Å². The van der Waals surface area contributed by atoms with Gasteiger partial charge >= 0.3 is 6.18 Å². The maximum Gasteiger partial charge on any atom is 0.420 e. The zero-order valence-corrected chi connectivity index (χ0v) is 21.3. The van der Waals surface area contributed by atoms with Gasteiger partial charge in [0.2, 0.25) is 0 Å². The number of aliphatic hydroxyl groups is 2. The minimum atomic E-state index is -4.86. The molecule has 3 N–H and O–H groups in total. The van der Waals surface area contributed by atoms with Crippen LogP contribution in [0.4, 0.5) is 23.2 Å². The molecular formula is C25H26ClF4N5O3. The maximum absolute atomic E-state index is 13.5. The molecule has 13 heteroatoms. The van der Waals surface area contributed by atoms with Crippen LogP contribution >= 0.6 is 11.6 Å². The highest BCUT2D eigenvalue weighted by molar-refractivity contribution is 6.31. The van der Waals surface area contributed by atoms with Gasteiger partial charge in [-0.05, 0) is 61.8 Å². The minimum Gasteiger partial charge on any atom is -0.384 e. The molecule has 0 bridgehead atoms. The average Bonchev–Trinajstić information content (AvgIpc) is 3.57. The number of carbonyl (C=O) groups is 1. The van der Waals surface area contributed by atoms with Crippen molar-refractivity contribution in [1.29, 1.82) is 0 Å². The first kappa shape index (κ1) is 26.6. The van der Waals surface area contributed by atoms with Crippen LogP contribution in [0.5, 0.6) is 0 Å². The molecular weight excluding hydrogens is 530 g/mol. The summed E-state index contributed by atoms with van der Waals surface area (Å²) in [7, 11) is 3.15. The Kier molecular flexibility index (Phi) is 6.56. The van der Waals surface area contributed by atoms with Crippen molar-refractivity contribution < 1.29 is 32.6 Å². The fraction of sp³-hybridized carbons (Fsp3) is 0.480. The van der Waals surface area contributed by atoms with E-state index in [2.05, 4.69) is 15.4 Å². The third-order valence-electron chi connectivity index (χ3n) is 7.75. The summed E-state index contributed by atoms with van der Waals surface area (Å²) in [4.78, 5) is 17.6. The number of aliphatic hydroxyl groups excluding tert-OH is 1. The van der Waals surface area contributed by atoms with Crippen LogP contribution in [-0.4, -0.2) is 41.6 Å². The van der Waals surface area contributed by atoms with Crippen LogP contribution in [0, 0.1) is 17.7 Å². The fourth-order valence-electron chi connectivity index (χ4n) is 6.11. The highest BCUT2D eigenvalue weighted by Gasteiger charge is 2.52. The second-order valence-electron chi connectivity index (χ2n) is 10.3. The molecule has 8 nitrogen and oxygen atoms in total. The number of anilines is 1. The first-order chi connectivity index (χ1) is 17.8. The molecule has 3 atom stereocenters. The number of nitrogens with zero attached hydrogens (tertiary/aromatic N) is 4. The number of amides is 1. The number of aromatic nitrogens is 4. The number of hydrogen-bond acceptors (Lipinski definition) is 5. The molecule has 5 rings (SSSR count). The molecule has 3 aromatic rings. The SMILES string of the molecule is Cn1cnc(C2CC3CC(O)(c4cc(C(O)C(F)(F)F)nn4C)CC3C2)c1C(=O)Nc1ccc(F)c(Cl)c1. The molecule has 2 aromatic heterocycles. The lowest BCUT2D eigenvalue weighted by molar-refractivity contribution is -0.208. The van der Waals surface area contributed by atoms with Crippen molar-refractivity contribution in [1.82, 2.24) is 19.3 Å². The Morgan fingerprint density at radius 2 is 1.87 bits per heavy atom. The number of aryl methyl sites for hydroxylation is 2. The first-order valence-corrected chi connectivity index (χ1v) is 12.4. The van der Waals surface area contributed by atoms with Crippen molar-refractivity contribution in [2.24, 2.45) is 25.9 Å². The predicted octanol–water partition coefficient (Wildman–Crippen LogP) is 4.59. The van der Waals surface area contributed by atoms with E-state index < -0.39 is 35.3 Å². The van der Waals surface area contributed by atoms with Gasteiger partial charge in [0.25, 0.3) is 5.91 Å². The summed E-state index contributed by atoms with van der Waals surface area (Å²) in [5.41, 5.74) is -0.372. The molecule has 2 saturated carbocycles. The highest BCUT2D eigenvalue weighted by Crippen LogP contribution is 2.57. The largest absolute Gasteiger partial charge is 0.420 e. The molecule has 0 spiro atoms. The normalized spacial score (nSPS) is 26.0. The third-order valence-corrected chi connectivity index (χ3v) is 8.04. The highest BCUT2D eigenvalue weighted by atomic mass is 35.5. The van der Waals surface area contributed by atoms with Crippen molar-refractivity contribution >= 4 is 23.2 Å². The molecule has 0 aliphatic heterocycles. The summed E-state index contributed by atoms with van der Waals surface area (Å²) in [5, 5.41) is 27.4. The fourth-order valence-corrected chi connectivity index (χ4v) is 6.29. The van der Waals surface area contributed by atoms with Gasteiger partial charge in [0.05, 0.1) is 22.7 Å². The van der Waals surface area contributed by atoms with Gasteiger partial charge in [-0.1, -0.05) is 11.6 Å². The molecule has 2 aliphatic carbocycles. The van der Waals surface area contributed by atoms with Crippen LogP contribution in [0.25, 0.3) is 0 Å². The number of hydrogen-bond donors (Lipinski definition) is 3. The van der Waals surface area contributed by atoms with Gasteiger partial charge in [-0.2, -0.15) is 18.3 Å². The Morgan fingerprint density at radius 1 is 1.21 bits per heavy atom. The van der Waals surface area contributed by atoms with Crippen molar-refractivity contribution in [3.63, 3.8) is 0 Å². The zero-order valence-electron chi connectivity index (χ0n) is 20.5. The number of rotatable bonds is 5. The Hall–Kier alpha value is -2.96. The van der Waals surface area contributed by atoms with Crippen molar-refractivity contribution in [3.05, 3.63) is 64.2 Å². The van der Waals surface area contributed by atoms with E-state index in [9.17, 15) is 32.6 Å². The Morgan fingerprint density at radius 3 is 2.47 bits per heavy atom. The number of alkyl halides is 3. The number of halogens is 5. The van der Waals surface area contributed by atoms with Crippen LogP contribution < -0.4 is 5.32 Å². The topological polar surface area (TPSA) is 105 Å². The van der Waals surface area contributed by atoms with Crippen LogP contribution in [0.3, 0.4) is 0 Å². The molecule has 0 radical (unpaired) electrons. The summed E-state index contributed by atoms with van der Waals surface area (Å²) < 4.78 is 55.2. The zero-order chi connectivity index (χ0) is 27.6. The van der Waals surface area contributed by atoms with Crippen LogP contribution in [0.15, 0.2) is 30.6 Å². The summed E-state index contributed by atoms with van der Waals surface area (Å²) >= 11 is 5.82. The van der Waals surface area contributed by atoms with E-state index in [-0.39, 0.29) is 28.5 Å². The molecule has 2 aliphatic rings. The van der Waals surface area contributed by atoms with Gasteiger partial charge in [-0.25, -0.2) is 9.37 Å². The monoisotopic (exact) mass is 555 g/mol. The van der Waals surface area contributed by atoms with Gasteiger partial charge in [0.1, 0.15) is 22.8 Å². The molecule has 3 unspecified atom stereocenters. The van der Waals surface area contributed by atoms with E-state index in [0.29, 0.717) is 42.8 Å². The molecule has 2 fully saturated rings. The molecule has 38 heavy (non-hydrogen) atoms. The lowest BCUT2D eigenvalue weighted by atomic mass is 9.90. The molecule has 0 saturated heterocycles. The van der Waals surface area contributed by atoms with Crippen LogP contribution in [0.2, 0.25) is 5.02 Å². The van der Waals surface area contributed by atoms with Crippen molar-refractivity contribution in [2.45, 2.75) is 49.5 Å². The molecule has 2 heterocycles. The summed E-state index contributed by atoms with van der Waals surface area (Å²) in [5.74, 6) is -0.944. The average molecular weight is 556 g/mol. The van der Waals surface area contributed by atoms with Gasteiger partial charge in [0, 0.05) is 25.7 Å². The molecule has 1 aromatic carbocycles. The maximum atomic E-state index is 13.5. The third kappa shape index (κ3) is 4.69. The first-order valence-electron chi connectivity index (χ1n) is 12.1. The number of benzene rings is 1. The minimum absolute atomic E-state index is 0.0533. The summed E-state index contributed by atoms with van der Waals surface area (Å²) in [6.45, 7) is 0. The van der Waals surface area contributed by atoms with Gasteiger partial charge in [-0.15, -0.1) is 0 Å². The van der Waals surface area contributed by atoms with E-state index in [1.165, 1.54) is 23.9 Å². The van der Waals surface area contributed by atoms with E-state index in [1.54, 1.807) is 17.9 Å². The second kappa shape index (κ2) is 9.35. The number of fused-ring (bicyclic) bond motifs is 1. The smallest absolute Gasteiger partial charge is 0.384 e. The summed E-state index contributed by atoms with van der Waals surface area (Å²) in [6.07, 6.45) is -4.12. The number of carbonyl (C=O) groups excluding carboxylic acids is 1. The Balaban J connectivity index is 1.31. The van der Waals surface area contributed by atoms with Gasteiger partial charge in [0.15, 0.2) is 6.10 Å². The Labute approximate surface area is 220 Å². The standard InChI is InChI=1S/C25H26ClF4N5O3/c1-34-11-31-20(21(34)23(37)32-15-3-4-17(27)16(26)7-15)12-5-13-9-24(38,10-14(13)6-12)19-8-18(33-35(19)2)22(36)25(28,29)30/h3-4,7-8,11-14,22,36,38H,5-6,9-10H2,1-2H3,(H,32,37). The van der Waals surface area contributed by atoms with Crippen LogP contribution in [0.1, 0.15) is 65.3 Å².